The van der Waals surface area contributed by atoms with Crippen LogP contribution in [0.4, 0.5) is 5.69 Å². The SMILES string of the molecule is CN(CCNC(=O)c1cccc(CN2C(=O)c3ccccc3C2=O)c1)c1ccccc1. The molecule has 1 aliphatic rings. The van der Waals surface area contributed by atoms with Gasteiger partial charge in [0.15, 0.2) is 0 Å². The molecule has 0 aromatic heterocycles. The second-order valence-electron chi connectivity index (χ2n) is 7.46. The number of para-hydroxylation sites is 1. The van der Waals surface area contributed by atoms with E-state index in [2.05, 4.69) is 10.2 Å². The molecule has 6 heteroatoms. The molecule has 3 amide bonds. The number of hydrogen-bond donors (Lipinski definition) is 1. The van der Waals surface area contributed by atoms with Crippen LogP contribution in [0, 0.1) is 0 Å². The van der Waals surface area contributed by atoms with Crippen LogP contribution in [0.25, 0.3) is 0 Å². The van der Waals surface area contributed by atoms with E-state index in [0.717, 1.165) is 11.3 Å². The van der Waals surface area contributed by atoms with Gasteiger partial charge in [-0.3, -0.25) is 19.3 Å². The molecule has 156 valence electrons. The molecule has 0 atom stereocenters. The zero-order chi connectivity index (χ0) is 21.8. The quantitative estimate of drug-likeness (QED) is 0.603. The van der Waals surface area contributed by atoms with Crippen LogP contribution >= 0.6 is 0 Å². The molecule has 1 aliphatic heterocycles. The van der Waals surface area contributed by atoms with Crippen molar-refractivity contribution in [3.63, 3.8) is 0 Å². The summed E-state index contributed by atoms with van der Waals surface area (Å²) in [5.41, 5.74) is 3.15. The van der Waals surface area contributed by atoms with Crippen molar-refractivity contribution in [2.24, 2.45) is 0 Å². The average molecular weight is 413 g/mol. The van der Waals surface area contributed by atoms with Gasteiger partial charge in [0.1, 0.15) is 0 Å². The molecule has 6 nitrogen and oxygen atoms in total. The van der Waals surface area contributed by atoms with Gasteiger partial charge in [0.05, 0.1) is 17.7 Å². The normalized spacial score (nSPS) is 12.6. The Morgan fingerprint density at radius 1 is 0.871 bits per heavy atom. The number of amides is 3. The highest BCUT2D eigenvalue weighted by Crippen LogP contribution is 2.24. The number of carbonyl (C=O) groups excluding carboxylic acids is 3. The molecule has 0 aliphatic carbocycles. The van der Waals surface area contributed by atoms with Crippen LogP contribution in [0.1, 0.15) is 36.6 Å². The summed E-state index contributed by atoms with van der Waals surface area (Å²) < 4.78 is 0. The number of imide groups is 1. The summed E-state index contributed by atoms with van der Waals surface area (Å²) in [4.78, 5) is 41.0. The van der Waals surface area contributed by atoms with Gasteiger partial charge < -0.3 is 10.2 Å². The minimum atomic E-state index is -0.306. The fourth-order valence-corrected chi connectivity index (χ4v) is 3.63. The Kier molecular flexibility index (Phi) is 5.80. The Bertz CT molecular complexity index is 1090. The monoisotopic (exact) mass is 413 g/mol. The number of fused-ring (bicyclic) bond motifs is 1. The molecular formula is C25H23N3O3. The van der Waals surface area contributed by atoms with Crippen LogP contribution in [0.15, 0.2) is 78.9 Å². The lowest BCUT2D eigenvalue weighted by atomic mass is 10.1. The first kappa shape index (κ1) is 20.3. The summed E-state index contributed by atoms with van der Waals surface area (Å²) >= 11 is 0. The average Bonchev–Trinajstić information content (AvgIpc) is 3.05. The van der Waals surface area contributed by atoms with E-state index in [1.54, 1.807) is 42.5 Å². The Labute approximate surface area is 181 Å². The summed E-state index contributed by atoms with van der Waals surface area (Å²) in [5.74, 6) is -0.801. The van der Waals surface area contributed by atoms with Gasteiger partial charge in [0.25, 0.3) is 17.7 Å². The largest absolute Gasteiger partial charge is 0.373 e. The van der Waals surface area contributed by atoms with Gasteiger partial charge in [-0.25, -0.2) is 0 Å². The van der Waals surface area contributed by atoms with Gasteiger partial charge in [-0.15, -0.1) is 0 Å². The number of rotatable bonds is 7. The molecule has 31 heavy (non-hydrogen) atoms. The third kappa shape index (κ3) is 4.33. The maximum atomic E-state index is 12.6. The molecule has 0 fully saturated rings. The Hall–Kier alpha value is -3.93. The Morgan fingerprint density at radius 2 is 1.52 bits per heavy atom. The molecule has 0 bridgehead atoms. The van der Waals surface area contributed by atoms with Gasteiger partial charge in [-0.05, 0) is 42.0 Å². The van der Waals surface area contributed by atoms with Crippen molar-refractivity contribution in [3.8, 4) is 0 Å². The number of nitrogens with zero attached hydrogens (tertiary/aromatic N) is 2. The molecule has 1 N–H and O–H groups in total. The van der Waals surface area contributed by atoms with Crippen LogP contribution in [0.3, 0.4) is 0 Å². The number of anilines is 1. The van der Waals surface area contributed by atoms with Crippen LogP contribution < -0.4 is 10.2 Å². The van der Waals surface area contributed by atoms with Crippen molar-refractivity contribution in [2.75, 3.05) is 25.0 Å². The summed E-state index contributed by atoms with van der Waals surface area (Å²) in [6.07, 6.45) is 0. The summed E-state index contributed by atoms with van der Waals surface area (Å²) in [5, 5.41) is 2.92. The van der Waals surface area contributed by atoms with Crippen LogP contribution in [0.2, 0.25) is 0 Å². The molecule has 3 aromatic carbocycles. The third-order valence-electron chi connectivity index (χ3n) is 5.34. The lowest BCUT2D eigenvalue weighted by Gasteiger charge is -2.19. The van der Waals surface area contributed by atoms with Crippen LogP contribution in [-0.2, 0) is 6.54 Å². The zero-order valence-corrected chi connectivity index (χ0v) is 17.2. The minimum Gasteiger partial charge on any atom is -0.373 e. The van der Waals surface area contributed by atoms with E-state index in [0.29, 0.717) is 29.8 Å². The molecule has 4 rings (SSSR count). The van der Waals surface area contributed by atoms with E-state index in [1.807, 2.05) is 43.4 Å². The first-order valence-corrected chi connectivity index (χ1v) is 10.1. The third-order valence-corrected chi connectivity index (χ3v) is 5.34. The molecule has 0 radical (unpaired) electrons. The fraction of sp³-hybridized carbons (Fsp3) is 0.160. The highest BCUT2D eigenvalue weighted by atomic mass is 16.2. The van der Waals surface area contributed by atoms with Gasteiger partial charge in [-0.2, -0.15) is 0 Å². The predicted molar refractivity (Wildman–Crippen MR) is 119 cm³/mol. The van der Waals surface area contributed by atoms with Crippen molar-refractivity contribution >= 4 is 23.4 Å². The van der Waals surface area contributed by atoms with E-state index in [9.17, 15) is 14.4 Å². The van der Waals surface area contributed by atoms with Crippen molar-refractivity contribution in [1.29, 1.82) is 0 Å². The fourth-order valence-electron chi connectivity index (χ4n) is 3.63. The van der Waals surface area contributed by atoms with E-state index in [1.165, 1.54) is 4.90 Å². The number of likely N-dealkylation sites (N-methyl/N-ethyl adjacent to an activating group) is 1. The lowest BCUT2D eigenvalue weighted by Crippen LogP contribution is -2.33. The van der Waals surface area contributed by atoms with Crippen molar-refractivity contribution in [2.45, 2.75) is 6.54 Å². The van der Waals surface area contributed by atoms with Crippen molar-refractivity contribution < 1.29 is 14.4 Å². The Morgan fingerprint density at radius 3 is 2.19 bits per heavy atom. The summed E-state index contributed by atoms with van der Waals surface area (Å²) in [6, 6.07) is 23.8. The first-order chi connectivity index (χ1) is 15.0. The molecule has 0 spiro atoms. The van der Waals surface area contributed by atoms with E-state index >= 15 is 0 Å². The number of nitrogens with one attached hydrogen (secondary N) is 1. The maximum absolute atomic E-state index is 12.6. The van der Waals surface area contributed by atoms with Gasteiger partial charge >= 0.3 is 0 Å². The van der Waals surface area contributed by atoms with Gasteiger partial charge in [0.2, 0.25) is 0 Å². The van der Waals surface area contributed by atoms with Crippen molar-refractivity contribution in [1.82, 2.24) is 10.2 Å². The standard InChI is InChI=1S/C25H23N3O3/c1-27(20-10-3-2-4-11-20)15-14-26-23(29)19-9-7-8-18(16-19)17-28-24(30)21-12-5-6-13-22(21)25(28)31/h2-13,16H,14-15,17H2,1H3,(H,26,29). The second-order valence-corrected chi connectivity index (χ2v) is 7.46. The highest BCUT2D eigenvalue weighted by Gasteiger charge is 2.34. The van der Waals surface area contributed by atoms with Crippen LogP contribution in [0.5, 0.6) is 0 Å². The lowest BCUT2D eigenvalue weighted by molar-refractivity contribution is 0.0642. The summed E-state index contributed by atoms with van der Waals surface area (Å²) in [7, 11) is 1.98. The van der Waals surface area contributed by atoms with E-state index in [-0.39, 0.29) is 24.3 Å². The number of benzene rings is 3. The molecule has 0 unspecified atom stereocenters. The smallest absolute Gasteiger partial charge is 0.261 e. The van der Waals surface area contributed by atoms with E-state index in [4.69, 9.17) is 0 Å². The zero-order valence-electron chi connectivity index (χ0n) is 17.2. The topological polar surface area (TPSA) is 69.7 Å². The molecule has 0 saturated heterocycles. The van der Waals surface area contributed by atoms with Crippen LogP contribution in [-0.4, -0.2) is 42.8 Å². The highest BCUT2D eigenvalue weighted by molar-refractivity contribution is 6.21. The Balaban J connectivity index is 1.37. The van der Waals surface area contributed by atoms with E-state index < -0.39 is 0 Å². The molecule has 0 saturated carbocycles. The van der Waals surface area contributed by atoms with Gasteiger partial charge in [-0.1, -0.05) is 42.5 Å². The second kappa shape index (κ2) is 8.83. The first-order valence-electron chi connectivity index (χ1n) is 10.1. The predicted octanol–water partition coefficient (Wildman–Crippen LogP) is 3.35. The summed E-state index contributed by atoms with van der Waals surface area (Å²) in [6.45, 7) is 1.29. The van der Waals surface area contributed by atoms with Gasteiger partial charge in [0, 0.05) is 31.4 Å². The molecule has 3 aromatic rings. The number of carbonyl (C=O) groups is 3. The van der Waals surface area contributed by atoms with Crippen molar-refractivity contribution in [3.05, 3.63) is 101 Å². The molecular weight excluding hydrogens is 390 g/mol. The number of hydrogen-bond acceptors (Lipinski definition) is 4. The molecule has 1 heterocycles. The minimum absolute atomic E-state index is 0.129. The maximum Gasteiger partial charge on any atom is 0.261 e.